The number of nitrogens with zero attached hydrogens (tertiary/aromatic N) is 1. The second-order valence-corrected chi connectivity index (χ2v) is 7.28. The maximum atomic E-state index is 12.4. The number of halogens is 3. The number of benzene rings is 1. The summed E-state index contributed by atoms with van der Waals surface area (Å²) in [6.07, 6.45) is -2.71. The van der Waals surface area contributed by atoms with E-state index in [0.29, 0.717) is 20.9 Å². The number of hydrogen-bond acceptors (Lipinski definition) is 3. The van der Waals surface area contributed by atoms with Crippen LogP contribution in [0, 0.1) is 6.92 Å². The van der Waals surface area contributed by atoms with Gasteiger partial charge in [-0.25, -0.2) is 17.2 Å². The summed E-state index contributed by atoms with van der Waals surface area (Å²) in [5.74, 6) is 0. The highest BCUT2D eigenvalue weighted by atomic mass is 79.9. The van der Waals surface area contributed by atoms with Crippen LogP contribution in [0.3, 0.4) is 0 Å². The predicted molar refractivity (Wildman–Crippen MR) is 77.5 cm³/mol. The van der Waals surface area contributed by atoms with Crippen molar-refractivity contribution in [1.29, 1.82) is 0 Å². The van der Waals surface area contributed by atoms with E-state index in [1.165, 1.54) is 6.07 Å². The van der Waals surface area contributed by atoms with Crippen molar-refractivity contribution >= 4 is 26.0 Å². The van der Waals surface area contributed by atoms with Gasteiger partial charge in [-0.2, -0.15) is 4.31 Å². The second-order valence-electron chi connectivity index (χ2n) is 4.41. The van der Waals surface area contributed by atoms with Crippen LogP contribution in [0.5, 0.6) is 0 Å². The molecule has 0 saturated carbocycles. The molecular formula is C12H17BrF2N2O2S. The molecule has 1 aromatic rings. The molecule has 0 saturated heterocycles. The Kier molecular flexibility index (Phi) is 6.06. The summed E-state index contributed by atoms with van der Waals surface area (Å²) in [7, 11) is -1.04. The molecule has 0 aromatic heterocycles. The lowest BCUT2D eigenvalue weighted by Crippen LogP contribution is -2.32. The van der Waals surface area contributed by atoms with Crippen LogP contribution in [0.2, 0.25) is 0 Å². The van der Waals surface area contributed by atoms with Gasteiger partial charge < -0.3 is 5.32 Å². The Morgan fingerprint density at radius 1 is 1.40 bits per heavy atom. The third kappa shape index (κ3) is 3.97. The molecule has 1 rings (SSSR count). The minimum Gasteiger partial charge on any atom is -0.316 e. The first-order valence-corrected chi connectivity index (χ1v) is 8.11. The smallest absolute Gasteiger partial charge is 0.252 e. The molecule has 1 N–H and O–H groups in total. The lowest BCUT2D eigenvalue weighted by molar-refractivity contribution is 0.126. The van der Waals surface area contributed by atoms with E-state index in [9.17, 15) is 17.2 Å². The fraction of sp³-hybridized carbons (Fsp3) is 0.500. The fourth-order valence-electron chi connectivity index (χ4n) is 1.74. The van der Waals surface area contributed by atoms with Crippen molar-refractivity contribution in [1.82, 2.24) is 9.62 Å². The van der Waals surface area contributed by atoms with E-state index in [-0.39, 0.29) is 4.90 Å². The van der Waals surface area contributed by atoms with Gasteiger partial charge in [0.2, 0.25) is 10.0 Å². The summed E-state index contributed by atoms with van der Waals surface area (Å²) in [5.41, 5.74) is 1.26. The molecule has 20 heavy (non-hydrogen) atoms. The highest BCUT2D eigenvalue weighted by Gasteiger charge is 2.26. The molecule has 0 amide bonds. The Morgan fingerprint density at radius 2 is 2.00 bits per heavy atom. The Bertz CT molecular complexity index is 579. The first-order chi connectivity index (χ1) is 9.20. The molecule has 0 atom stereocenters. The quantitative estimate of drug-likeness (QED) is 0.835. The summed E-state index contributed by atoms with van der Waals surface area (Å²) in [4.78, 5) is 0.0419. The molecule has 0 unspecified atom stereocenters. The monoisotopic (exact) mass is 370 g/mol. The minimum atomic E-state index is -3.93. The summed E-state index contributed by atoms with van der Waals surface area (Å²) >= 11 is 3.30. The lowest BCUT2D eigenvalue weighted by atomic mass is 10.1. The van der Waals surface area contributed by atoms with E-state index in [1.807, 2.05) is 0 Å². The van der Waals surface area contributed by atoms with E-state index in [2.05, 4.69) is 21.2 Å². The maximum absolute atomic E-state index is 12.4. The van der Waals surface area contributed by atoms with E-state index in [4.69, 9.17) is 0 Å². The number of nitrogens with one attached hydrogen (secondary N) is 1. The van der Waals surface area contributed by atoms with Crippen LogP contribution in [0.1, 0.15) is 11.1 Å². The number of rotatable bonds is 6. The molecule has 0 spiro atoms. The average Bonchev–Trinajstić information content (AvgIpc) is 2.32. The molecule has 0 heterocycles. The Balaban J connectivity index is 3.29. The van der Waals surface area contributed by atoms with E-state index >= 15 is 0 Å². The zero-order valence-corrected chi connectivity index (χ0v) is 13.9. The van der Waals surface area contributed by atoms with Crippen LogP contribution in [-0.4, -0.2) is 39.8 Å². The highest BCUT2D eigenvalue weighted by molar-refractivity contribution is 9.10. The zero-order chi connectivity index (χ0) is 15.5. The van der Waals surface area contributed by atoms with Gasteiger partial charge in [-0.05, 0) is 37.2 Å². The van der Waals surface area contributed by atoms with Crippen LogP contribution in [0.4, 0.5) is 8.78 Å². The Labute approximate surface area is 126 Å². The molecule has 8 heteroatoms. The first kappa shape index (κ1) is 17.5. The van der Waals surface area contributed by atoms with Gasteiger partial charge in [0.15, 0.2) is 0 Å². The number of hydrogen-bond donors (Lipinski definition) is 1. The fourth-order valence-corrected chi connectivity index (χ4v) is 3.82. The van der Waals surface area contributed by atoms with Crippen molar-refractivity contribution in [2.24, 2.45) is 0 Å². The molecule has 0 aliphatic heterocycles. The van der Waals surface area contributed by atoms with Gasteiger partial charge in [-0.1, -0.05) is 15.9 Å². The average molecular weight is 371 g/mol. The molecule has 0 fully saturated rings. The molecule has 0 aliphatic carbocycles. The normalized spacial score (nSPS) is 12.4. The van der Waals surface area contributed by atoms with Gasteiger partial charge in [-0.15, -0.1) is 0 Å². The van der Waals surface area contributed by atoms with Crippen molar-refractivity contribution in [3.63, 3.8) is 0 Å². The molecule has 1 aromatic carbocycles. The van der Waals surface area contributed by atoms with Crippen molar-refractivity contribution in [2.75, 3.05) is 20.6 Å². The number of alkyl halides is 2. The molecule has 0 bridgehead atoms. The van der Waals surface area contributed by atoms with Crippen LogP contribution >= 0.6 is 15.9 Å². The zero-order valence-electron chi connectivity index (χ0n) is 11.5. The Hall–Kier alpha value is -0.570. The standard InChI is InChI=1S/C12H17BrF2N2O2S/c1-8-10(13)4-9(6-16-2)5-11(8)20(18,19)17(3)7-12(14)15/h4-5,12,16H,6-7H2,1-3H3. The van der Waals surface area contributed by atoms with E-state index in [1.54, 1.807) is 20.0 Å². The summed E-state index contributed by atoms with van der Waals surface area (Å²) in [6, 6.07) is 3.31. The molecule has 114 valence electrons. The maximum Gasteiger partial charge on any atom is 0.252 e. The first-order valence-electron chi connectivity index (χ1n) is 5.88. The Morgan fingerprint density at radius 3 is 2.50 bits per heavy atom. The minimum absolute atomic E-state index is 0.0419. The van der Waals surface area contributed by atoms with Gasteiger partial charge in [0.1, 0.15) is 0 Å². The van der Waals surface area contributed by atoms with E-state index < -0.39 is 23.0 Å². The summed E-state index contributed by atoms with van der Waals surface area (Å²) < 4.78 is 50.8. The molecule has 0 radical (unpaired) electrons. The molecule has 4 nitrogen and oxygen atoms in total. The summed E-state index contributed by atoms with van der Waals surface area (Å²) in [5, 5.41) is 2.92. The van der Waals surface area contributed by atoms with Gasteiger partial charge in [0, 0.05) is 18.1 Å². The topological polar surface area (TPSA) is 49.4 Å². The van der Waals surface area contributed by atoms with Gasteiger partial charge in [0.05, 0.1) is 11.4 Å². The van der Waals surface area contributed by atoms with Crippen molar-refractivity contribution in [2.45, 2.75) is 24.8 Å². The third-order valence-electron chi connectivity index (χ3n) is 2.82. The SMILES string of the molecule is CNCc1cc(Br)c(C)c(S(=O)(=O)N(C)CC(F)F)c1. The highest BCUT2D eigenvalue weighted by Crippen LogP contribution is 2.28. The van der Waals surface area contributed by atoms with Crippen LogP contribution < -0.4 is 5.32 Å². The predicted octanol–water partition coefficient (Wildman–Crippen LogP) is 2.36. The summed E-state index contributed by atoms with van der Waals surface area (Å²) in [6.45, 7) is 1.30. The van der Waals surface area contributed by atoms with Gasteiger partial charge >= 0.3 is 0 Å². The van der Waals surface area contributed by atoms with Crippen LogP contribution in [0.15, 0.2) is 21.5 Å². The van der Waals surface area contributed by atoms with Gasteiger partial charge in [-0.3, -0.25) is 0 Å². The number of sulfonamides is 1. The second kappa shape index (κ2) is 6.93. The van der Waals surface area contributed by atoms with Crippen LogP contribution in [0.25, 0.3) is 0 Å². The molecular weight excluding hydrogens is 354 g/mol. The van der Waals surface area contributed by atoms with Crippen molar-refractivity contribution < 1.29 is 17.2 Å². The van der Waals surface area contributed by atoms with Crippen molar-refractivity contribution in [3.8, 4) is 0 Å². The molecule has 0 aliphatic rings. The van der Waals surface area contributed by atoms with Crippen molar-refractivity contribution in [3.05, 3.63) is 27.7 Å². The third-order valence-corrected chi connectivity index (χ3v) is 5.59. The largest absolute Gasteiger partial charge is 0.316 e. The van der Waals surface area contributed by atoms with Gasteiger partial charge in [0.25, 0.3) is 6.43 Å². The van der Waals surface area contributed by atoms with E-state index in [0.717, 1.165) is 12.6 Å². The van der Waals surface area contributed by atoms with Crippen LogP contribution in [-0.2, 0) is 16.6 Å². The lowest BCUT2D eigenvalue weighted by Gasteiger charge is -2.19.